The molecule has 4 rings (SSSR count). The molecule has 2 aromatic rings. The number of aliphatic hydroxyl groups is 1. The zero-order valence-corrected chi connectivity index (χ0v) is 14.4. The second-order valence-electron chi connectivity index (χ2n) is 7.41. The normalized spacial score (nSPS) is 24.7. The van der Waals surface area contributed by atoms with E-state index in [-0.39, 0.29) is 6.04 Å². The van der Waals surface area contributed by atoms with Gasteiger partial charge in [0.25, 0.3) is 0 Å². The van der Waals surface area contributed by atoms with Crippen molar-refractivity contribution in [2.45, 2.75) is 64.1 Å². The predicted octanol–water partition coefficient (Wildman–Crippen LogP) is 1.82. The highest BCUT2D eigenvalue weighted by atomic mass is 16.5. The molecule has 3 heterocycles. The first kappa shape index (κ1) is 15.8. The Kier molecular flexibility index (Phi) is 3.92. The lowest BCUT2D eigenvalue weighted by Crippen LogP contribution is -2.31. The van der Waals surface area contributed by atoms with Crippen LogP contribution >= 0.6 is 0 Å². The molecule has 7 heteroatoms. The zero-order chi connectivity index (χ0) is 16.7. The van der Waals surface area contributed by atoms with Crippen molar-refractivity contribution >= 4 is 0 Å². The summed E-state index contributed by atoms with van der Waals surface area (Å²) in [4.78, 5) is 2.24. The summed E-state index contributed by atoms with van der Waals surface area (Å²) in [5.41, 5.74) is 2.08. The summed E-state index contributed by atoms with van der Waals surface area (Å²) >= 11 is 0. The molecule has 1 aliphatic heterocycles. The molecule has 7 nitrogen and oxygen atoms in total. The van der Waals surface area contributed by atoms with E-state index in [0.717, 1.165) is 37.4 Å². The predicted molar refractivity (Wildman–Crippen MR) is 87.3 cm³/mol. The highest BCUT2D eigenvalue weighted by Crippen LogP contribution is 2.33. The lowest BCUT2D eigenvalue weighted by molar-refractivity contribution is 0.0405. The first-order valence-corrected chi connectivity index (χ1v) is 8.88. The van der Waals surface area contributed by atoms with Crippen LogP contribution in [0.15, 0.2) is 10.7 Å². The number of β-amino-alcohol motifs (C(OH)–C–C–N with tert-alkyl or cyclic N) is 1. The summed E-state index contributed by atoms with van der Waals surface area (Å²) in [5.74, 6) is 1.06. The fraction of sp³-hybridized carbons (Fsp3) is 0.706. The van der Waals surface area contributed by atoms with E-state index in [1.807, 2.05) is 6.20 Å². The topological polar surface area (TPSA) is 80.2 Å². The third-order valence-electron chi connectivity index (χ3n) is 5.25. The summed E-state index contributed by atoms with van der Waals surface area (Å²) < 4.78 is 7.29. The molecule has 1 atom stereocenters. The minimum Gasteiger partial charge on any atom is -0.382 e. The molecule has 0 amide bonds. The Morgan fingerprint density at radius 3 is 2.96 bits per heavy atom. The van der Waals surface area contributed by atoms with Gasteiger partial charge in [-0.3, -0.25) is 4.90 Å². The number of aryl methyl sites for hydroxylation is 1. The van der Waals surface area contributed by atoms with E-state index in [0.29, 0.717) is 18.7 Å². The lowest BCUT2D eigenvalue weighted by atomic mass is 9.96. The Hall–Kier alpha value is -1.73. The average Bonchev–Trinajstić information content (AvgIpc) is 3.28. The fourth-order valence-corrected chi connectivity index (χ4v) is 3.74. The SMILES string of the molecule is CC(C)n1cc(C2(O)CCN(Cc3noc4c3CCCC4)C2)nn1. The molecule has 2 aromatic heterocycles. The van der Waals surface area contributed by atoms with E-state index >= 15 is 0 Å². The lowest BCUT2D eigenvalue weighted by Gasteiger charge is -2.21. The second kappa shape index (κ2) is 5.97. The molecule has 0 saturated carbocycles. The Morgan fingerprint density at radius 2 is 2.17 bits per heavy atom. The maximum absolute atomic E-state index is 11.0. The number of hydrogen-bond donors (Lipinski definition) is 1. The van der Waals surface area contributed by atoms with Gasteiger partial charge in [-0.25, -0.2) is 4.68 Å². The molecule has 1 aliphatic carbocycles. The molecule has 0 aromatic carbocycles. The number of aromatic nitrogens is 4. The molecular weight excluding hydrogens is 306 g/mol. The van der Waals surface area contributed by atoms with Crippen LogP contribution in [0.25, 0.3) is 0 Å². The van der Waals surface area contributed by atoms with Crippen LogP contribution in [0.1, 0.15) is 61.9 Å². The molecule has 1 unspecified atom stereocenters. The van der Waals surface area contributed by atoms with Gasteiger partial charge in [-0.05, 0) is 39.5 Å². The summed E-state index contributed by atoms with van der Waals surface area (Å²) in [5, 5.41) is 23.6. The Bertz CT molecular complexity index is 722. The minimum atomic E-state index is -0.920. The standard InChI is InChI=1S/C17H25N5O2/c1-12(2)22-10-16(18-20-22)17(23)7-8-21(11-17)9-14-13-5-3-4-6-15(13)24-19-14/h10,12,23H,3-9,11H2,1-2H3. The van der Waals surface area contributed by atoms with Gasteiger partial charge < -0.3 is 9.63 Å². The van der Waals surface area contributed by atoms with Crippen LogP contribution in [0.2, 0.25) is 0 Å². The maximum Gasteiger partial charge on any atom is 0.140 e. The van der Waals surface area contributed by atoms with Gasteiger partial charge in [-0.15, -0.1) is 5.10 Å². The van der Waals surface area contributed by atoms with Gasteiger partial charge in [0.2, 0.25) is 0 Å². The zero-order valence-electron chi connectivity index (χ0n) is 14.4. The molecule has 130 valence electrons. The highest BCUT2D eigenvalue weighted by Gasteiger charge is 2.40. The van der Waals surface area contributed by atoms with Crippen molar-refractivity contribution in [2.24, 2.45) is 0 Å². The van der Waals surface area contributed by atoms with E-state index in [4.69, 9.17) is 4.52 Å². The van der Waals surface area contributed by atoms with Crippen LogP contribution in [0.4, 0.5) is 0 Å². The monoisotopic (exact) mass is 331 g/mol. The van der Waals surface area contributed by atoms with Crippen molar-refractivity contribution in [3.63, 3.8) is 0 Å². The summed E-state index contributed by atoms with van der Waals surface area (Å²) in [6.45, 7) is 6.23. The molecule has 1 fully saturated rings. The Balaban J connectivity index is 1.47. The largest absolute Gasteiger partial charge is 0.382 e. The highest BCUT2D eigenvalue weighted by molar-refractivity contribution is 5.25. The van der Waals surface area contributed by atoms with Gasteiger partial charge in [0.1, 0.15) is 22.7 Å². The number of nitrogens with zero attached hydrogens (tertiary/aromatic N) is 5. The smallest absolute Gasteiger partial charge is 0.140 e. The molecule has 1 saturated heterocycles. The van der Waals surface area contributed by atoms with Crippen molar-refractivity contribution in [3.05, 3.63) is 28.9 Å². The van der Waals surface area contributed by atoms with Crippen LogP contribution in [0, 0.1) is 0 Å². The van der Waals surface area contributed by atoms with Gasteiger partial charge in [0.15, 0.2) is 0 Å². The van der Waals surface area contributed by atoms with E-state index < -0.39 is 5.60 Å². The van der Waals surface area contributed by atoms with Crippen molar-refractivity contribution in [3.8, 4) is 0 Å². The quantitative estimate of drug-likeness (QED) is 0.920. The first-order chi connectivity index (χ1) is 11.5. The van der Waals surface area contributed by atoms with Crippen molar-refractivity contribution in [2.75, 3.05) is 13.1 Å². The molecule has 24 heavy (non-hydrogen) atoms. The molecule has 1 N–H and O–H groups in total. The molecule has 0 spiro atoms. The number of rotatable bonds is 4. The molecule has 0 bridgehead atoms. The average molecular weight is 331 g/mol. The van der Waals surface area contributed by atoms with Gasteiger partial charge in [0.05, 0.1) is 6.20 Å². The summed E-state index contributed by atoms with van der Waals surface area (Å²) in [7, 11) is 0. The molecule has 2 aliphatic rings. The number of fused-ring (bicyclic) bond motifs is 1. The summed E-state index contributed by atoms with van der Waals surface area (Å²) in [6, 6.07) is 0.244. The van der Waals surface area contributed by atoms with Gasteiger partial charge in [0, 0.05) is 37.7 Å². The van der Waals surface area contributed by atoms with Crippen LogP contribution < -0.4 is 0 Å². The van der Waals surface area contributed by atoms with E-state index in [1.54, 1.807) is 4.68 Å². The van der Waals surface area contributed by atoms with Crippen molar-refractivity contribution in [1.29, 1.82) is 0 Å². The van der Waals surface area contributed by atoms with Crippen LogP contribution in [-0.4, -0.2) is 43.2 Å². The Morgan fingerprint density at radius 1 is 1.33 bits per heavy atom. The molecular formula is C17H25N5O2. The van der Waals surface area contributed by atoms with E-state index in [1.165, 1.54) is 18.4 Å². The van der Waals surface area contributed by atoms with Crippen molar-refractivity contribution in [1.82, 2.24) is 25.1 Å². The first-order valence-electron chi connectivity index (χ1n) is 8.88. The van der Waals surface area contributed by atoms with Gasteiger partial charge in [-0.2, -0.15) is 0 Å². The van der Waals surface area contributed by atoms with Gasteiger partial charge in [-0.1, -0.05) is 10.4 Å². The minimum absolute atomic E-state index is 0.244. The van der Waals surface area contributed by atoms with E-state index in [2.05, 4.69) is 34.2 Å². The van der Waals surface area contributed by atoms with Crippen LogP contribution in [0.3, 0.4) is 0 Å². The maximum atomic E-state index is 11.0. The summed E-state index contributed by atoms with van der Waals surface area (Å²) in [6.07, 6.45) is 7.01. The third kappa shape index (κ3) is 2.75. The third-order valence-corrected chi connectivity index (χ3v) is 5.25. The van der Waals surface area contributed by atoms with Crippen molar-refractivity contribution < 1.29 is 9.63 Å². The van der Waals surface area contributed by atoms with Crippen LogP contribution in [-0.2, 0) is 25.0 Å². The number of hydrogen-bond acceptors (Lipinski definition) is 6. The molecule has 0 radical (unpaired) electrons. The van der Waals surface area contributed by atoms with Gasteiger partial charge >= 0.3 is 0 Å². The fourth-order valence-electron chi connectivity index (χ4n) is 3.74. The van der Waals surface area contributed by atoms with Crippen LogP contribution in [0.5, 0.6) is 0 Å². The number of likely N-dealkylation sites (tertiary alicyclic amines) is 1. The Labute approximate surface area is 141 Å². The van der Waals surface area contributed by atoms with E-state index in [9.17, 15) is 5.11 Å². The second-order valence-corrected chi connectivity index (χ2v) is 7.41.